The van der Waals surface area contributed by atoms with E-state index in [1.165, 1.54) is 19.3 Å². The lowest BCUT2D eigenvalue weighted by atomic mass is 9.80. The van der Waals surface area contributed by atoms with Gasteiger partial charge in [0.05, 0.1) is 49.4 Å². The summed E-state index contributed by atoms with van der Waals surface area (Å²) in [7, 11) is 0. The van der Waals surface area contributed by atoms with Gasteiger partial charge in [-0.2, -0.15) is 10.4 Å². The Kier molecular flexibility index (Phi) is 6.79. The van der Waals surface area contributed by atoms with Crippen LogP contribution >= 0.6 is 0 Å². The molecule has 1 aliphatic carbocycles. The van der Waals surface area contributed by atoms with Crippen molar-refractivity contribution in [1.82, 2.24) is 24.4 Å². The first-order valence-electron chi connectivity index (χ1n) is 15.7. The van der Waals surface area contributed by atoms with E-state index in [2.05, 4.69) is 38.0 Å². The zero-order valence-electron chi connectivity index (χ0n) is 24.0. The molecular weight excluding hydrogens is 530 g/mol. The second-order valence-corrected chi connectivity index (χ2v) is 12.8. The average Bonchev–Trinajstić information content (AvgIpc) is 3.45. The molecule has 6 fully saturated rings. The van der Waals surface area contributed by atoms with Gasteiger partial charge in [0, 0.05) is 67.2 Å². The molecule has 10 nitrogen and oxygen atoms in total. The molecule has 0 spiro atoms. The first-order valence-corrected chi connectivity index (χ1v) is 15.7. The van der Waals surface area contributed by atoms with E-state index in [1.54, 1.807) is 10.7 Å². The lowest BCUT2D eigenvalue weighted by Crippen LogP contribution is -2.73. The third-order valence-corrected chi connectivity index (χ3v) is 10.3. The standard InChI is InChI=1S/C32H39N7O3/c33-13-22-15-35-38-18-27(42-9-3-8-37-25-11-26(37)20-41-19-25)12-28(32(22)38)21-6-7-31(34-14-21)36-16-23-10-24(17-36)39(23)29-4-1-2-5-30(29)40/h6-7,12,14-15,18,23-26,29-30,40H,1-5,8-11,16-17,19-20H2/t23?,24?,25?,26?,29?,30-/m1/s1. The highest BCUT2D eigenvalue weighted by molar-refractivity contribution is 5.85. The summed E-state index contributed by atoms with van der Waals surface area (Å²) in [6, 6.07) is 11.0. The summed E-state index contributed by atoms with van der Waals surface area (Å²) in [4.78, 5) is 12.4. The lowest BCUT2D eigenvalue weighted by molar-refractivity contribution is -0.127. The monoisotopic (exact) mass is 569 g/mol. The van der Waals surface area contributed by atoms with Gasteiger partial charge in [-0.05, 0) is 50.3 Å². The molecule has 3 aromatic heterocycles. The Morgan fingerprint density at radius 3 is 2.60 bits per heavy atom. The van der Waals surface area contributed by atoms with Crippen molar-refractivity contribution in [3.05, 3.63) is 42.4 Å². The second kappa shape index (κ2) is 10.8. The predicted molar refractivity (Wildman–Crippen MR) is 157 cm³/mol. The van der Waals surface area contributed by atoms with Crippen molar-refractivity contribution < 1.29 is 14.6 Å². The van der Waals surface area contributed by atoms with E-state index in [4.69, 9.17) is 14.5 Å². The van der Waals surface area contributed by atoms with E-state index in [-0.39, 0.29) is 6.10 Å². The van der Waals surface area contributed by atoms with Crippen molar-refractivity contribution in [2.24, 2.45) is 0 Å². The third-order valence-electron chi connectivity index (χ3n) is 10.3. The van der Waals surface area contributed by atoms with E-state index >= 15 is 0 Å². The molecule has 0 amide bonds. The zero-order valence-corrected chi connectivity index (χ0v) is 24.0. The molecule has 10 heteroatoms. The molecule has 5 aliphatic heterocycles. The van der Waals surface area contributed by atoms with Crippen LogP contribution in [0.1, 0.15) is 50.5 Å². The molecule has 4 bridgehead atoms. The molecule has 9 rings (SSSR count). The molecule has 3 aromatic rings. The maximum absolute atomic E-state index is 10.6. The minimum absolute atomic E-state index is 0.179. The molecule has 6 aliphatic rings. The molecule has 1 saturated carbocycles. The van der Waals surface area contributed by atoms with E-state index < -0.39 is 0 Å². The van der Waals surface area contributed by atoms with Gasteiger partial charge in [0.15, 0.2) is 0 Å². The Morgan fingerprint density at radius 1 is 1.05 bits per heavy atom. The van der Waals surface area contributed by atoms with Crippen molar-refractivity contribution in [1.29, 1.82) is 5.26 Å². The van der Waals surface area contributed by atoms with Gasteiger partial charge in [-0.3, -0.25) is 9.80 Å². The minimum Gasteiger partial charge on any atom is -0.492 e. The van der Waals surface area contributed by atoms with Gasteiger partial charge in [-0.1, -0.05) is 12.8 Å². The van der Waals surface area contributed by atoms with Crippen molar-refractivity contribution in [2.75, 3.05) is 44.4 Å². The van der Waals surface area contributed by atoms with Gasteiger partial charge >= 0.3 is 0 Å². The Hall–Kier alpha value is -3.23. The average molecular weight is 570 g/mol. The number of aliphatic hydroxyl groups is 1. The number of anilines is 1. The van der Waals surface area contributed by atoms with Crippen molar-refractivity contribution in [3.63, 3.8) is 0 Å². The Morgan fingerprint density at radius 2 is 1.86 bits per heavy atom. The highest BCUT2D eigenvalue weighted by Gasteiger charge is 2.49. The Labute approximate surface area is 246 Å². The van der Waals surface area contributed by atoms with E-state index in [0.717, 1.165) is 86.7 Å². The number of hydrogen-bond acceptors (Lipinski definition) is 9. The van der Waals surface area contributed by atoms with E-state index in [0.29, 0.717) is 42.4 Å². The number of fused-ring (bicyclic) bond motifs is 5. The summed E-state index contributed by atoms with van der Waals surface area (Å²) in [5.41, 5.74) is 3.14. The van der Waals surface area contributed by atoms with Gasteiger partial charge in [0.1, 0.15) is 17.6 Å². The summed E-state index contributed by atoms with van der Waals surface area (Å²) in [6.45, 7) is 5.26. The highest BCUT2D eigenvalue weighted by atomic mass is 16.5. The van der Waals surface area contributed by atoms with Crippen LogP contribution in [-0.4, -0.2) is 105 Å². The van der Waals surface area contributed by atoms with Gasteiger partial charge in [-0.15, -0.1) is 0 Å². The molecule has 8 heterocycles. The van der Waals surface area contributed by atoms with Gasteiger partial charge in [-0.25, -0.2) is 9.50 Å². The number of piperazine rings is 1. The Bertz CT molecular complexity index is 1460. The fourth-order valence-electron chi connectivity index (χ4n) is 8.23. The minimum atomic E-state index is -0.179. The number of morpholine rings is 1. The molecule has 0 radical (unpaired) electrons. The summed E-state index contributed by atoms with van der Waals surface area (Å²) in [5, 5.41) is 24.8. The fraction of sp³-hybridized carbons (Fsp3) is 0.594. The first-order chi connectivity index (χ1) is 20.7. The van der Waals surface area contributed by atoms with Crippen molar-refractivity contribution in [2.45, 2.75) is 81.3 Å². The number of piperidine rings is 1. The predicted octanol–water partition coefficient (Wildman–Crippen LogP) is 3.08. The van der Waals surface area contributed by atoms with Gasteiger partial charge in [0.2, 0.25) is 0 Å². The lowest BCUT2D eigenvalue weighted by Gasteiger charge is -2.60. The number of nitrogens with zero attached hydrogens (tertiary/aromatic N) is 7. The molecule has 220 valence electrons. The van der Waals surface area contributed by atoms with Gasteiger partial charge < -0.3 is 19.5 Å². The normalized spacial score (nSPS) is 30.9. The maximum atomic E-state index is 10.6. The second-order valence-electron chi connectivity index (χ2n) is 12.8. The summed E-state index contributed by atoms with van der Waals surface area (Å²) < 4.78 is 13.6. The Balaban J connectivity index is 0.963. The van der Waals surface area contributed by atoms with Gasteiger partial charge in [0.25, 0.3) is 0 Å². The van der Waals surface area contributed by atoms with Crippen LogP contribution in [0.25, 0.3) is 16.6 Å². The SMILES string of the molecule is N#Cc1cnn2cc(OCCCN3C4COCC3C4)cc(-c3ccc(N4CC5CC(C4)N5C4CCCC[C@H]4O)nc3)c12. The van der Waals surface area contributed by atoms with Crippen LogP contribution in [0.2, 0.25) is 0 Å². The summed E-state index contributed by atoms with van der Waals surface area (Å²) in [6.07, 6.45) is 13.1. The topological polar surface area (TPSA) is 102 Å². The summed E-state index contributed by atoms with van der Waals surface area (Å²) in [5.74, 6) is 1.72. The molecule has 1 N–H and O–H groups in total. The van der Waals surface area contributed by atoms with Crippen LogP contribution in [0.4, 0.5) is 5.82 Å². The maximum Gasteiger partial charge on any atom is 0.138 e. The van der Waals surface area contributed by atoms with E-state index in [1.807, 2.05) is 18.5 Å². The van der Waals surface area contributed by atoms with Crippen LogP contribution in [0.5, 0.6) is 5.75 Å². The van der Waals surface area contributed by atoms with Crippen LogP contribution in [0.15, 0.2) is 36.8 Å². The number of ether oxygens (including phenoxy) is 2. The molecule has 6 atom stereocenters. The van der Waals surface area contributed by atoms with Crippen LogP contribution in [-0.2, 0) is 4.74 Å². The van der Waals surface area contributed by atoms with Crippen LogP contribution in [0.3, 0.4) is 0 Å². The number of nitriles is 1. The highest BCUT2D eigenvalue weighted by Crippen LogP contribution is 2.40. The smallest absolute Gasteiger partial charge is 0.138 e. The first kappa shape index (κ1) is 26.4. The van der Waals surface area contributed by atoms with E-state index in [9.17, 15) is 10.4 Å². The van der Waals surface area contributed by atoms with Crippen molar-refractivity contribution >= 4 is 11.3 Å². The van der Waals surface area contributed by atoms with Crippen LogP contribution in [0, 0.1) is 11.3 Å². The molecule has 42 heavy (non-hydrogen) atoms. The van der Waals surface area contributed by atoms with Crippen molar-refractivity contribution in [3.8, 4) is 22.9 Å². The van der Waals surface area contributed by atoms with Crippen LogP contribution < -0.4 is 9.64 Å². The zero-order chi connectivity index (χ0) is 28.2. The number of aromatic nitrogens is 3. The number of aliphatic hydroxyl groups excluding tert-OH is 1. The molecule has 5 saturated heterocycles. The molecular formula is C32H39N7O3. The largest absolute Gasteiger partial charge is 0.492 e. The summed E-state index contributed by atoms with van der Waals surface area (Å²) >= 11 is 0. The number of rotatable bonds is 8. The molecule has 0 aromatic carbocycles. The number of pyridine rings is 2. The third kappa shape index (κ3) is 4.54. The molecule has 5 unspecified atom stereocenters. The fourth-order valence-corrected chi connectivity index (χ4v) is 8.23. The number of hydrogen-bond donors (Lipinski definition) is 1. The quantitative estimate of drug-likeness (QED) is 0.410.